The molecule has 0 saturated carbocycles. The highest BCUT2D eigenvalue weighted by atomic mass is 35.5. The molecule has 1 N–H and O–H groups in total. The van der Waals surface area contributed by atoms with E-state index in [1.165, 1.54) is 25.3 Å². The fraction of sp³-hybridized carbons (Fsp3) is 0.235. The summed E-state index contributed by atoms with van der Waals surface area (Å²) in [7, 11) is 1.42. The molecule has 2 aromatic carbocycles. The van der Waals surface area contributed by atoms with Crippen LogP contribution in [0.1, 0.15) is 28.8 Å². The second-order valence-electron chi connectivity index (χ2n) is 5.39. The molecule has 6 nitrogen and oxygen atoms in total. The number of benzene rings is 2. The van der Waals surface area contributed by atoms with E-state index in [4.69, 9.17) is 27.9 Å². The summed E-state index contributed by atoms with van der Waals surface area (Å²) in [5.41, 5.74) is 0.356. The maximum absolute atomic E-state index is 12.4. The fourth-order valence-corrected chi connectivity index (χ4v) is 3.18. The number of carbonyl (C=O) groups excluding carboxylic acids is 1. The first kappa shape index (κ1) is 19.0. The minimum atomic E-state index is -0.608. The van der Waals surface area contributed by atoms with Crippen LogP contribution in [0.2, 0.25) is 10.0 Å². The molecule has 132 valence electrons. The third-order valence-corrected chi connectivity index (χ3v) is 4.37. The van der Waals surface area contributed by atoms with Gasteiger partial charge in [-0.05, 0) is 29.8 Å². The number of methoxy groups -OCH3 is 1. The number of hydrogen-bond acceptors (Lipinski definition) is 4. The number of rotatable bonds is 6. The van der Waals surface area contributed by atoms with Crippen LogP contribution in [0, 0.1) is 10.1 Å². The van der Waals surface area contributed by atoms with E-state index in [1.807, 2.05) is 6.92 Å². The van der Waals surface area contributed by atoms with E-state index < -0.39 is 10.8 Å². The lowest BCUT2D eigenvalue weighted by atomic mass is 10.0. The van der Waals surface area contributed by atoms with Crippen LogP contribution in [0.15, 0.2) is 36.4 Å². The van der Waals surface area contributed by atoms with Gasteiger partial charge in [0.25, 0.3) is 11.6 Å². The minimum Gasteiger partial charge on any atom is -0.497 e. The summed E-state index contributed by atoms with van der Waals surface area (Å²) in [5, 5.41) is 14.8. The van der Waals surface area contributed by atoms with Crippen LogP contribution in [0.5, 0.6) is 5.75 Å². The highest BCUT2D eigenvalue weighted by molar-refractivity contribution is 6.36. The van der Waals surface area contributed by atoms with Gasteiger partial charge in [0.15, 0.2) is 0 Å². The number of carbonyl (C=O) groups is 1. The Kier molecular flexibility index (Phi) is 6.22. The lowest BCUT2D eigenvalue weighted by molar-refractivity contribution is -0.385. The number of nitro benzene ring substituents is 1. The topological polar surface area (TPSA) is 81.5 Å². The first-order valence-corrected chi connectivity index (χ1v) is 8.15. The molecule has 0 heterocycles. The Morgan fingerprint density at radius 2 is 1.92 bits per heavy atom. The van der Waals surface area contributed by atoms with Crippen molar-refractivity contribution in [1.82, 2.24) is 5.32 Å². The standard InChI is InChI=1S/C17H16Cl2N2O4/c1-10(16-13(18)4-3-5-14(16)19)9-20-17(22)12-8-11(25-2)6-7-15(12)21(23)24/h3-8,10H,9H2,1-2H3,(H,20,22). The predicted octanol–water partition coefficient (Wildman–Crippen LogP) is 4.44. The highest BCUT2D eigenvalue weighted by Gasteiger charge is 2.22. The Balaban J connectivity index is 2.19. The maximum Gasteiger partial charge on any atom is 0.282 e. The summed E-state index contributed by atoms with van der Waals surface area (Å²) >= 11 is 12.3. The number of nitrogens with one attached hydrogen (secondary N) is 1. The zero-order chi connectivity index (χ0) is 18.6. The van der Waals surface area contributed by atoms with Crippen molar-refractivity contribution in [3.63, 3.8) is 0 Å². The summed E-state index contributed by atoms with van der Waals surface area (Å²) in [4.78, 5) is 22.9. The molecular weight excluding hydrogens is 367 g/mol. The van der Waals surface area contributed by atoms with Crippen LogP contribution < -0.4 is 10.1 Å². The summed E-state index contributed by atoms with van der Waals surface area (Å²) in [6.07, 6.45) is 0. The van der Waals surface area contributed by atoms with Crippen molar-refractivity contribution in [1.29, 1.82) is 0 Å². The predicted molar refractivity (Wildman–Crippen MR) is 96.9 cm³/mol. The number of amides is 1. The van der Waals surface area contributed by atoms with Crippen molar-refractivity contribution in [2.45, 2.75) is 12.8 Å². The second-order valence-corrected chi connectivity index (χ2v) is 6.20. The summed E-state index contributed by atoms with van der Waals surface area (Å²) in [5.74, 6) is -0.381. The first-order valence-electron chi connectivity index (χ1n) is 7.39. The number of ether oxygens (including phenoxy) is 1. The normalized spacial score (nSPS) is 11.7. The molecule has 0 bridgehead atoms. The molecule has 0 aliphatic carbocycles. The van der Waals surface area contributed by atoms with Crippen molar-refractivity contribution in [2.75, 3.05) is 13.7 Å². The molecule has 1 unspecified atom stereocenters. The van der Waals surface area contributed by atoms with Gasteiger partial charge >= 0.3 is 0 Å². The summed E-state index contributed by atoms with van der Waals surface area (Å²) in [6.45, 7) is 2.07. The second kappa shape index (κ2) is 8.18. The molecule has 0 radical (unpaired) electrons. The summed E-state index contributed by atoms with van der Waals surface area (Å²) in [6, 6.07) is 9.17. The van der Waals surface area contributed by atoms with Gasteiger partial charge < -0.3 is 10.1 Å². The monoisotopic (exact) mass is 382 g/mol. The summed E-state index contributed by atoms with van der Waals surface area (Å²) < 4.78 is 5.03. The number of nitrogens with zero attached hydrogens (tertiary/aromatic N) is 1. The van der Waals surface area contributed by atoms with Crippen molar-refractivity contribution < 1.29 is 14.5 Å². The van der Waals surface area contributed by atoms with Gasteiger partial charge in [-0.2, -0.15) is 0 Å². The van der Waals surface area contributed by atoms with E-state index in [1.54, 1.807) is 18.2 Å². The van der Waals surface area contributed by atoms with Gasteiger partial charge in [0.1, 0.15) is 11.3 Å². The van der Waals surface area contributed by atoms with Crippen molar-refractivity contribution in [3.8, 4) is 5.75 Å². The van der Waals surface area contributed by atoms with Gasteiger partial charge in [0.2, 0.25) is 0 Å². The van der Waals surface area contributed by atoms with Gasteiger partial charge in [0, 0.05) is 28.6 Å². The van der Waals surface area contributed by atoms with Crippen LogP contribution >= 0.6 is 23.2 Å². The maximum atomic E-state index is 12.4. The molecular formula is C17H16Cl2N2O4. The molecule has 0 fully saturated rings. The molecule has 0 aromatic heterocycles. The third kappa shape index (κ3) is 4.41. The number of halogens is 2. The Morgan fingerprint density at radius 1 is 1.28 bits per heavy atom. The van der Waals surface area contributed by atoms with E-state index in [-0.39, 0.29) is 23.7 Å². The van der Waals surface area contributed by atoms with Gasteiger partial charge in [-0.25, -0.2) is 0 Å². The average molecular weight is 383 g/mol. The van der Waals surface area contributed by atoms with Crippen molar-refractivity contribution in [2.24, 2.45) is 0 Å². The average Bonchev–Trinajstić information content (AvgIpc) is 2.58. The van der Waals surface area contributed by atoms with Crippen molar-refractivity contribution >= 4 is 34.8 Å². The highest BCUT2D eigenvalue weighted by Crippen LogP contribution is 2.31. The third-order valence-electron chi connectivity index (χ3n) is 3.71. The molecule has 0 aliphatic heterocycles. The van der Waals surface area contributed by atoms with Gasteiger partial charge in [-0.1, -0.05) is 36.2 Å². The molecule has 1 amide bonds. The Morgan fingerprint density at radius 3 is 2.48 bits per heavy atom. The van der Waals surface area contributed by atoms with Crippen LogP contribution in [0.3, 0.4) is 0 Å². The molecule has 25 heavy (non-hydrogen) atoms. The Labute approximate surface area is 154 Å². The van der Waals surface area contributed by atoms with E-state index in [9.17, 15) is 14.9 Å². The van der Waals surface area contributed by atoms with E-state index in [2.05, 4.69) is 5.32 Å². The SMILES string of the molecule is COc1ccc([N+](=O)[O-])c(C(=O)NCC(C)c2c(Cl)cccc2Cl)c1. The lowest BCUT2D eigenvalue weighted by Gasteiger charge is -2.16. The first-order chi connectivity index (χ1) is 11.8. The Bertz CT molecular complexity index is 791. The molecule has 2 aromatic rings. The molecule has 0 aliphatic rings. The quantitative estimate of drug-likeness (QED) is 0.591. The van der Waals surface area contributed by atoms with Gasteiger partial charge in [-0.15, -0.1) is 0 Å². The van der Waals surface area contributed by atoms with E-state index in [0.29, 0.717) is 21.4 Å². The van der Waals surface area contributed by atoms with Crippen LogP contribution in [-0.4, -0.2) is 24.5 Å². The molecule has 1 atom stereocenters. The van der Waals surface area contributed by atoms with Crippen LogP contribution in [0.4, 0.5) is 5.69 Å². The number of nitro groups is 1. The fourth-order valence-electron chi connectivity index (χ4n) is 2.41. The zero-order valence-electron chi connectivity index (χ0n) is 13.6. The van der Waals surface area contributed by atoms with Crippen molar-refractivity contribution in [3.05, 3.63) is 67.7 Å². The van der Waals surface area contributed by atoms with E-state index in [0.717, 1.165) is 0 Å². The molecule has 0 saturated heterocycles. The van der Waals surface area contributed by atoms with Crippen LogP contribution in [0.25, 0.3) is 0 Å². The molecule has 8 heteroatoms. The largest absolute Gasteiger partial charge is 0.497 e. The van der Waals surface area contributed by atoms with E-state index >= 15 is 0 Å². The van der Waals surface area contributed by atoms with Gasteiger partial charge in [-0.3, -0.25) is 14.9 Å². The Hall–Kier alpha value is -2.31. The molecule has 2 rings (SSSR count). The minimum absolute atomic E-state index is 0.0678. The smallest absolute Gasteiger partial charge is 0.282 e. The van der Waals surface area contributed by atoms with Crippen LogP contribution in [-0.2, 0) is 0 Å². The molecule has 0 spiro atoms. The number of hydrogen-bond donors (Lipinski definition) is 1. The zero-order valence-corrected chi connectivity index (χ0v) is 15.1. The lowest BCUT2D eigenvalue weighted by Crippen LogP contribution is -2.28. The van der Waals surface area contributed by atoms with Gasteiger partial charge in [0.05, 0.1) is 12.0 Å².